The van der Waals surface area contributed by atoms with Crippen LogP contribution in [-0.2, 0) is 14.0 Å². The zero-order chi connectivity index (χ0) is 23.3. The molecule has 4 atom stereocenters. The first-order chi connectivity index (χ1) is 16.6. The van der Waals surface area contributed by atoms with Crippen LogP contribution in [0.1, 0.15) is 18.0 Å². The fourth-order valence-electron chi connectivity index (χ4n) is 6.30. The minimum Gasteiger partial charge on any atom is -0.405 e. The Labute approximate surface area is 201 Å². The molecule has 6 rings (SSSR count). The van der Waals surface area contributed by atoms with Crippen LogP contribution >= 0.6 is 0 Å². The summed E-state index contributed by atoms with van der Waals surface area (Å²) < 4.78 is 7.10. The van der Waals surface area contributed by atoms with Crippen LogP contribution in [0.4, 0.5) is 0 Å². The van der Waals surface area contributed by atoms with Crippen molar-refractivity contribution in [1.29, 1.82) is 0 Å². The Kier molecular flexibility index (Phi) is 5.24. The Balaban J connectivity index is 1.56. The minimum absolute atomic E-state index is 0.0676. The average molecular weight is 469 g/mol. The summed E-state index contributed by atoms with van der Waals surface area (Å²) in [5, 5.41) is 2.43. The van der Waals surface area contributed by atoms with Gasteiger partial charge in [-0.2, -0.15) is 0 Å². The second-order valence-electron chi connectivity index (χ2n) is 9.67. The van der Waals surface area contributed by atoms with Crippen molar-refractivity contribution >= 4 is 30.5 Å². The summed E-state index contributed by atoms with van der Waals surface area (Å²) in [7, 11) is -0.780. The summed E-state index contributed by atoms with van der Waals surface area (Å²) in [6.45, 7) is 0.299. The number of hydrogen-bond donors (Lipinski definition) is 0. The average Bonchev–Trinajstić information content (AvgIpc) is 3.17. The minimum atomic E-state index is -2.72. The van der Waals surface area contributed by atoms with Gasteiger partial charge in [0, 0.05) is 0 Å². The standard InChI is InChI=1S/C28H28N2O3Si/c1-29-24-17-21-19-34(22-13-7-3-8-14-22,23-15-9-4-10-16-23)33-18-25(20-11-5-2-6-12-20)30(27(24)31)28(32)26(21)29/h2-16,21,24-26H,17-19H2,1H3/t21-,24+,25+,26+/m1/s1. The van der Waals surface area contributed by atoms with Crippen molar-refractivity contribution in [1.82, 2.24) is 9.80 Å². The third-order valence-electron chi connectivity index (χ3n) is 7.93. The molecular formula is C28H28N2O3Si. The smallest absolute Gasteiger partial charge is 0.256 e. The van der Waals surface area contributed by atoms with E-state index in [1.807, 2.05) is 54.4 Å². The van der Waals surface area contributed by atoms with E-state index in [-0.39, 0.29) is 29.8 Å². The predicted molar refractivity (Wildman–Crippen MR) is 133 cm³/mol. The number of fused-ring (bicyclic) bond motifs is 2. The van der Waals surface area contributed by atoms with Crippen molar-refractivity contribution in [3.63, 3.8) is 0 Å². The van der Waals surface area contributed by atoms with Crippen molar-refractivity contribution in [2.75, 3.05) is 13.7 Å². The number of amides is 2. The molecule has 5 nitrogen and oxygen atoms in total. The zero-order valence-electron chi connectivity index (χ0n) is 19.2. The van der Waals surface area contributed by atoms with Crippen LogP contribution in [0.25, 0.3) is 0 Å². The third-order valence-corrected chi connectivity index (χ3v) is 12.2. The fraction of sp³-hybridized carbons (Fsp3) is 0.286. The van der Waals surface area contributed by atoms with Crippen LogP contribution in [0.5, 0.6) is 0 Å². The topological polar surface area (TPSA) is 49.9 Å². The lowest BCUT2D eigenvalue weighted by Gasteiger charge is -2.41. The molecule has 0 N–H and O–H groups in total. The van der Waals surface area contributed by atoms with Crippen LogP contribution in [0.15, 0.2) is 91.0 Å². The van der Waals surface area contributed by atoms with Gasteiger partial charge in [-0.25, -0.2) is 0 Å². The lowest BCUT2D eigenvalue weighted by Crippen LogP contribution is -2.62. The maximum absolute atomic E-state index is 13.9. The molecule has 0 aromatic heterocycles. The number of benzene rings is 3. The number of likely N-dealkylation sites (N-methyl/N-ethyl adjacent to an activating group) is 1. The van der Waals surface area contributed by atoms with Gasteiger partial charge in [0.2, 0.25) is 11.8 Å². The highest BCUT2D eigenvalue weighted by Gasteiger charge is 2.59. The molecule has 3 fully saturated rings. The first-order valence-corrected chi connectivity index (χ1v) is 14.1. The quantitative estimate of drug-likeness (QED) is 0.438. The molecule has 3 heterocycles. The Morgan fingerprint density at radius 2 is 1.32 bits per heavy atom. The number of nitrogens with zero attached hydrogens (tertiary/aromatic N) is 2. The van der Waals surface area contributed by atoms with Crippen molar-refractivity contribution in [3.8, 4) is 0 Å². The lowest BCUT2D eigenvalue weighted by atomic mass is 10.0. The molecule has 172 valence electrons. The summed E-state index contributed by atoms with van der Waals surface area (Å²) in [4.78, 5) is 31.0. The second kappa shape index (κ2) is 8.31. The van der Waals surface area contributed by atoms with E-state index < -0.39 is 14.4 Å². The van der Waals surface area contributed by atoms with Gasteiger partial charge in [-0.15, -0.1) is 0 Å². The summed E-state index contributed by atoms with van der Waals surface area (Å²) in [6.07, 6.45) is 0.696. The monoisotopic (exact) mass is 468 g/mol. The summed E-state index contributed by atoms with van der Waals surface area (Å²) in [6, 6.07) is 30.8. The molecule has 0 aliphatic carbocycles. The van der Waals surface area contributed by atoms with Gasteiger partial charge in [-0.05, 0) is 41.4 Å². The van der Waals surface area contributed by atoms with Gasteiger partial charge in [0.25, 0.3) is 8.32 Å². The number of imide groups is 1. The van der Waals surface area contributed by atoms with Crippen molar-refractivity contribution in [2.24, 2.45) is 5.92 Å². The molecule has 3 aliphatic heterocycles. The molecule has 0 spiro atoms. The van der Waals surface area contributed by atoms with E-state index in [0.29, 0.717) is 13.0 Å². The summed E-state index contributed by atoms with van der Waals surface area (Å²) in [5.41, 5.74) is 0.940. The van der Waals surface area contributed by atoms with Gasteiger partial charge >= 0.3 is 0 Å². The number of rotatable bonds is 3. The zero-order valence-corrected chi connectivity index (χ0v) is 20.2. The number of hydrogen-bond acceptors (Lipinski definition) is 4. The maximum Gasteiger partial charge on any atom is 0.256 e. The Morgan fingerprint density at radius 3 is 1.91 bits per heavy atom. The van der Waals surface area contributed by atoms with E-state index in [1.165, 1.54) is 15.3 Å². The van der Waals surface area contributed by atoms with E-state index in [1.54, 1.807) is 0 Å². The third kappa shape index (κ3) is 3.21. The van der Waals surface area contributed by atoms with E-state index in [4.69, 9.17) is 4.43 Å². The highest BCUT2D eigenvalue weighted by molar-refractivity contribution is 6.97. The number of carbonyl (C=O) groups is 2. The molecule has 0 unspecified atom stereocenters. The van der Waals surface area contributed by atoms with Gasteiger partial charge in [0.1, 0.15) is 0 Å². The normalized spacial score (nSPS) is 28.4. The van der Waals surface area contributed by atoms with Crippen LogP contribution in [0.2, 0.25) is 6.04 Å². The Morgan fingerprint density at radius 1 is 0.765 bits per heavy atom. The number of carbonyl (C=O) groups excluding carboxylic acids is 2. The first-order valence-electron chi connectivity index (χ1n) is 12.0. The van der Waals surface area contributed by atoms with Gasteiger partial charge in [0.05, 0.1) is 24.7 Å². The van der Waals surface area contributed by atoms with Gasteiger partial charge in [-0.3, -0.25) is 19.4 Å². The van der Waals surface area contributed by atoms with Gasteiger partial charge < -0.3 is 4.43 Å². The predicted octanol–water partition coefficient (Wildman–Crippen LogP) is 2.58. The summed E-state index contributed by atoms with van der Waals surface area (Å²) >= 11 is 0. The first kappa shape index (κ1) is 21.5. The highest BCUT2D eigenvalue weighted by atomic mass is 28.4. The van der Waals surface area contributed by atoms with Gasteiger partial charge in [-0.1, -0.05) is 91.0 Å². The molecule has 0 saturated carbocycles. The van der Waals surface area contributed by atoms with E-state index in [0.717, 1.165) is 11.6 Å². The Hall–Kier alpha value is -3.06. The molecular weight excluding hydrogens is 440 g/mol. The fourth-order valence-corrected chi connectivity index (χ4v) is 10.6. The SMILES string of the molecule is CN1[C@@H]2C(=O)N3C(=O)[C@@H]1C[C@@H]2C[Si](c1ccccc1)(c1ccccc1)OC[C@H]3c1ccccc1. The maximum atomic E-state index is 13.9. The van der Waals surface area contributed by atoms with Crippen molar-refractivity contribution in [3.05, 3.63) is 96.6 Å². The molecule has 34 heavy (non-hydrogen) atoms. The molecule has 3 aromatic rings. The second-order valence-corrected chi connectivity index (χ2v) is 13.2. The van der Waals surface area contributed by atoms with Crippen molar-refractivity contribution < 1.29 is 14.0 Å². The van der Waals surface area contributed by atoms with Crippen LogP contribution in [-0.4, -0.2) is 55.7 Å². The molecule has 3 bridgehead atoms. The largest absolute Gasteiger partial charge is 0.405 e. The van der Waals surface area contributed by atoms with Gasteiger partial charge in [0.15, 0.2) is 0 Å². The molecule has 3 saturated heterocycles. The van der Waals surface area contributed by atoms with Crippen LogP contribution in [0, 0.1) is 5.92 Å². The van der Waals surface area contributed by atoms with Crippen LogP contribution in [0.3, 0.4) is 0 Å². The molecule has 6 heteroatoms. The Bertz CT molecular complexity index is 1160. The highest BCUT2D eigenvalue weighted by Crippen LogP contribution is 2.43. The molecule has 2 amide bonds. The van der Waals surface area contributed by atoms with Crippen molar-refractivity contribution in [2.45, 2.75) is 30.6 Å². The van der Waals surface area contributed by atoms with E-state index in [2.05, 4.69) is 48.5 Å². The molecule has 0 radical (unpaired) electrons. The lowest BCUT2D eigenvalue weighted by molar-refractivity contribution is -0.160. The summed E-state index contributed by atoms with van der Waals surface area (Å²) in [5.74, 6) is -0.0926. The molecule has 3 aromatic carbocycles. The van der Waals surface area contributed by atoms with E-state index >= 15 is 0 Å². The van der Waals surface area contributed by atoms with E-state index in [9.17, 15) is 9.59 Å². The molecule has 3 aliphatic rings. The number of piperazine rings is 1. The van der Waals surface area contributed by atoms with Crippen LogP contribution < -0.4 is 10.4 Å².